The van der Waals surface area contributed by atoms with Crippen LogP contribution in [0.1, 0.15) is 18.5 Å². The summed E-state index contributed by atoms with van der Waals surface area (Å²) in [6, 6.07) is 9.08. The Labute approximate surface area is 130 Å². The van der Waals surface area contributed by atoms with Crippen LogP contribution < -0.4 is 4.72 Å². The smallest absolute Gasteiger partial charge is 0.207 e. The summed E-state index contributed by atoms with van der Waals surface area (Å²) in [5, 5.41) is 0. The first-order chi connectivity index (χ1) is 9.79. The Morgan fingerprint density at radius 3 is 2.24 bits per heavy atom. The summed E-state index contributed by atoms with van der Waals surface area (Å²) in [5.41, 5.74) is 0.754. The molecule has 7 heteroatoms. The molecule has 1 atom stereocenters. The van der Waals surface area contributed by atoms with Crippen molar-refractivity contribution in [3.8, 4) is 0 Å². The van der Waals surface area contributed by atoms with Crippen LogP contribution in [0.5, 0.6) is 0 Å². The summed E-state index contributed by atoms with van der Waals surface area (Å²) in [7, 11) is -3.93. The fourth-order valence-corrected chi connectivity index (χ4v) is 3.27. The van der Waals surface area contributed by atoms with Gasteiger partial charge in [-0.15, -0.1) is 0 Å². The quantitative estimate of drug-likeness (QED) is 0.883. The molecule has 0 aliphatic carbocycles. The van der Waals surface area contributed by atoms with Crippen molar-refractivity contribution in [1.82, 2.24) is 4.72 Å². The standard InChI is InChI=1S/C14H12BrF2NO2S/c1-9(10-2-4-11(15)5-3-10)18-21(19,20)12-6-7-13(16)14(17)8-12/h2-9,18H,1H3. The van der Waals surface area contributed by atoms with Crippen molar-refractivity contribution in [2.45, 2.75) is 17.9 Å². The highest BCUT2D eigenvalue weighted by Gasteiger charge is 2.19. The minimum absolute atomic E-state index is 0.314. The van der Waals surface area contributed by atoms with Gasteiger partial charge in [0.1, 0.15) is 0 Å². The third kappa shape index (κ3) is 3.87. The van der Waals surface area contributed by atoms with Crippen LogP contribution >= 0.6 is 15.9 Å². The molecule has 0 saturated carbocycles. The van der Waals surface area contributed by atoms with E-state index in [0.717, 1.165) is 22.2 Å². The second-order valence-electron chi connectivity index (χ2n) is 4.47. The van der Waals surface area contributed by atoms with Crippen molar-refractivity contribution in [1.29, 1.82) is 0 Å². The lowest BCUT2D eigenvalue weighted by atomic mass is 10.1. The van der Waals surface area contributed by atoms with Crippen LogP contribution in [-0.4, -0.2) is 8.42 Å². The van der Waals surface area contributed by atoms with Gasteiger partial charge in [-0.2, -0.15) is 0 Å². The number of halogens is 3. The van der Waals surface area contributed by atoms with Crippen LogP contribution in [0, 0.1) is 11.6 Å². The van der Waals surface area contributed by atoms with Gasteiger partial charge in [0.15, 0.2) is 11.6 Å². The fourth-order valence-electron chi connectivity index (χ4n) is 1.76. The first-order valence-electron chi connectivity index (χ1n) is 6.02. The summed E-state index contributed by atoms with van der Waals surface area (Å²) in [6.45, 7) is 1.67. The Hall–Kier alpha value is -1.31. The average molecular weight is 376 g/mol. The topological polar surface area (TPSA) is 46.2 Å². The molecule has 2 aromatic rings. The van der Waals surface area contributed by atoms with E-state index in [-0.39, 0.29) is 4.90 Å². The average Bonchev–Trinajstić information content (AvgIpc) is 2.42. The third-order valence-electron chi connectivity index (χ3n) is 2.90. The molecule has 0 amide bonds. The molecule has 0 bridgehead atoms. The Morgan fingerprint density at radius 2 is 1.67 bits per heavy atom. The molecule has 1 unspecified atom stereocenters. The zero-order chi connectivity index (χ0) is 15.6. The SMILES string of the molecule is CC(NS(=O)(=O)c1ccc(F)c(F)c1)c1ccc(Br)cc1. The molecule has 1 N–H and O–H groups in total. The highest BCUT2D eigenvalue weighted by atomic mass is 79.9. The normalized spacial score (nSPS) is 13.1. The Kier molecular flexibility index (Phi) is 4.75. The van der Waals surface area contributed by atoms with Gasteiger partial charge in [-0.05, 0) is 42.8 Å². The number of nitrogens with one attached hydrogen (secondary N) is 1. The minimum Gasteiger partial charge on any atom is -0.207 e. The first-order valence-corrected chi connectivity index (χ1v) is 8.30. The van der Waals surface area contributed by atoms with Crippen LogP contribution in [0.25, 0.3) is 0 Å². The van der Waals surface area contributed by atoms with E-state index in [1.54, 1.807) is 31.2 Å². The fraction of sp³-hybridized carbons (Fsp3) is 0.143. The first kappa shape index (κ1) is 16.1. The molecule has 0 aliphatic heterocycles. The molecule has 0 aliphatic rings. The molecule has 21 heavy (non-hydrogen) atoms. The van der Waals surface area contributed by atoms with E-state index in [1.807, 2.05) is 0 Å². The van der Waals surface area contributed by atoms with Crippen molar-refractivity contribution in [3.63, 3.8) is 0 Å². The molecule has 0 saturated heterocycles. The van der Waals surface area contributed by atoms with Gasteiger partial charge >= 0.3 is 0 Å². The number of rotatable bonds is 4. The van der Waals surface area contributed by atoms with Gasteiger partial charge in [-0.3, -0.25) is 0 Å². The van der Waals surface area contributed by atoms with Crippen LogP contribution in [0.3, 0.4) is 0 Å². The highest BCUT2D eigenvalue weighted by molar-refractivity contribution is 9.10. The maximum Gasteiger partial charge on any atom is 0.241 e. The summed E-state index contributed by atoms with van der Waals surface area (Å²) in [6.07, 6.45) is 0. The van der Waals surface area contributed by atoms with Crippen LogP contribution in [-0.2, 0) is 10.0 Å². The molecule has 0 aromatic heterocycles. The molecule has 0 radical (unpaired) electrons. The van der Waals surface area contributed by atoms with Crippen LogP contribution in [0.4, 0.5) is 8.78 Å². The predicted octanol–water partition coefficient (Wildman–Crippen LogP) is 3.77. The van der Waals surface area contributed by atoms with Gasteiger partial charge in [0, 0.05) is 10.5 Å². The Morgan fingerprint density at radius 1 is 1.05 bits per heavy atom. The van der Waals surface area contributed by atoms with E-state index in [9.17, 15) is 17.2 Å². The van der Waals surface area contributed by atoms with Gasteiger partial charge in [0.05, 0.1) is 4.90 Å². The van der Waals surface area contributed by atoms with Gasteiger partial charge in [0.2, 0.25) is 10.0 Å². The number of benzene rings is 2. The van der Waals surface area contributed by atoms with Gasteiger partial charge < -0.3 is 0 Å². The molecular formula is C14H12BrF2NO2S. The van der Waals surface area contributed by atoms with Crippen molar-refractivity contribution in [2.24, 2.45) is 0 Å². The summed E-state index contributed by atoms with van der Waals surface area (Å²) >= 11 is 3.29. The van der Waals surface area contributed by atoms with Crippen molar-refractivity contribution in [2.75, 3.05) is 0 Å². The lowest BCUT2D eigenvalue weighted by Crippen LogP contribution is -2.27. The summed E-state index contributed by atoms with van der Waals surface area (Å²) in [4.78, 5) is -0.314. The van der Waals surface area contributed by atoms with Gasteiger partial charge in [0.25, 0.3) is 0 Å². The summed E-state index contributed by atoms with van der Waals surface area (Å²) < 4.78 is 53.6. The predicted molar refractivity (Wildman–Crippen MR) is 79.2 cm³/mol. The zero-order valence-electron chi connectivity index (χ0n) is 11.0. The van der Waals surface area contributed by atoms with E-state index in [1.165, 1.54) is 0 Å². The largest absolute Gasteiger partial charge is 0.241 e. The molecule has 3 nitrogen and oxygen atoms in total. The van der Waals surface area contributed by atoms with E-state index in [2.05, 4.69) is 20.7 Å². The van der Waals surface area contributed by atoms with E-state index in [0.29, 0.717) is 6.07 Å². The molecule has 0 fully saturated rings. The zero-order valence-corrected chi connectivity index (χ0v) is 13.4. The van der Waals surface area contributed by atoms with E-state index in [4.69, 9.17) is 0 Å². The molecular weight excluding hydrogens is 364 g/mol. The van der Waals surface area contributed by atoms with E-state index >= 15 is 0 Å². The third-order valence-corrected chi connectivity index (χ3v) is 4.97. The van der Waals surface area contributed by atoms with Crippen molar-refractivity contribution >= 4 is 26.0 Å². The van der Waals surface area contributed by atoms with Gasteiger partial charge in [-0.25, -0.2) is 21.9 Å². The monoisotopic (exact) mass is 375 g/mol. The molecule has 2 aromatic carbocycles. The van der Waals surface area contributed by atoms with E-state index < -0.39 is 27.7 Å². The number of sulfonamides is 1. The molecule has 0 heterocycles. The molecule has 112 valence electrons. The second kappa shape index (κ2) is 6.21. The number of hydrogen-bond acceptors (Lipinski definition) is 2. The number of hydrogen-bond donors (Lipinski definition) is 1. The van der Waals surface area contributed by atoms with Crippen LogP contribution in [0.15, 0.2) is 51.8 Å². The Bertz CT molecular complexity index is 748. The molecule has 0 spiro atoms. The van der Waals surface area contributed by atoms with Gasteiger partial charge in [-0.1, -0.05) is 28.1 Å². The van der Waals surface area contributed by atoms with Crippen LogP contribution in [0.2, 0.25) is 0 Å². The molecule has 2 rings (SSSR count). The minimum atomic E-state index is -3.93. The highest BCUT2D eigenvalue weighted by Crippen LogP contribution is 2.20. The lowest BCUT2D eigenvalue weighted by molar-refractivity contribution is 0.503. The lowest BCUT2D eigenvalue weighted by Gasteiger charge is -2.15. The van der Waals surface area contributed by atoms with Crippen molar-refractivity contribution in [3.05, 3.63) is 64.1 Å². The van der Waals surface area contributed by atoms with Crippen molar-refractivity contribution < 1.29 is 17.2 Å². The maximum absolute atomic E-state index is 13.1. The maximum atomic E-state index is 13.1. The summed E-state index contributed by atoms with van der Waals surface area (Å²) in [5.74, 6) is -2.29. The Balaban J connectivity index is 2.24. The second-order valence-corrected chi connectivity index (χ2v) is 7.10.